The minimum atomic E-state index is 1.17. The third-order valence-electron chi connectivity index (χ3n) is 2.36. The Hall–Kier alpha value is -0.780. The lowest BCUT2D eigenvalue weighted by Gasteiger charge is -1.97. The van der Waals surface area contributed by atoms with E-state index in [1.165, 1.54) is 42.4 Å². The lowest BCUT2D eigenvalue weighted by molar-refractivity contribution is 0.930. The number of allylic oxidation sites excluding steroid dienone is 6. The van der Waals surface area contributed by atoms with Gasteiger partial charge in [0.25, 0.3) is 0 Å². The summed E-state index contributed by atoms with van der Waals surface area (Å²) in [6.07, 6.45) is 12.5. The monoisotopic (exact) mass is 175 g/mol. The van der Waals surface area contributed by atoms with E-state index in [-0.39, 0.29) is 0 Å². The van der Waals surface area contributed by atoms with Gasteiger partial charge in [-0.25, -0.2) is 0 Å². The molecule has 71 valence electrons. The second-order valence-electron chi connectivity index (χ2n) is 3.62. The fourth-order valence-corrected chi connectivity index (χ4v) is 1.51. The van der Waals surface area contributed by atoms with Crippen LogP contribution in [0.15, 0.2) is 28.9 Å². The van der Waals surface area contributed by atoms with Crippen LogP contribution in [0.5, 0.6) is 0 Å². The van der Waals surface area contributed by atoms with Gasteiger partial charge in [-0.05, 0) is 50.3 Å². The third kappa shape index (κ3) is 3.22. The van der Waals surface area contributed by atoms with E-state index in [1.807, 2.05) is 0 Å². The van der Waals surface area contributed by atoms with E-state index in [1.54, 1.807) is 0 Å². The lowest BCUT2D eigenvalue weighted by atomic mass is 10.1. The molecule has 0 aromatic heterocycles. The van der Waals surface area contributed by atoms with Gasteiger partial charge in [0.05, 0.1) is 0 Å². The molecule has 1 rings (SSSR count). The van der Waals surface area contributed by atoms with Crippen LogP contribution < -0.4 is 0 Å². The van der Waals surface area contributed by atoms with Crippen molar-refractivity contribution >= 4 is 0 Å². The first-order valence-electron chi connectivity index (χ1n) is 5.23. The molecule has 0 amide bonds. The van der Waals surface area contributed by atoms with E-state index in [4.69, 9.17) is 0 Å². The van der Waals surface area contributed by atoms with Crippen molar-refractivity contribution in [2.24, 2.45) is 0 Å². The van der Waals surface area contributed by atoms with Crippen molar-refractivity contribution in [3.05, 3.63) is 34.9 Å². The van der Waals surface area contributed by atoms with Gasteiger partial charge in [-0.2, -0.15) is 0 Å². The van der Waals surface area contributed by atoms with Gasteiger partial charge < -0.3 is 0 Å². The number of rotatable bonds is 5. The first-order chi connectivity index (χ1) is 6.29. The Bertz CT molecular complexity index is 251. The molecule has 1 aliphatic rings. The molecule has 0 spiro atoms. The molecule has 0 aromatic rings. The van der Waals surface area contributed by atoms with Gasteiger partial charge in [0.2, 0.25) is 0 Å². The normalized spacial score (nSPS) is 19.2. The molecule has 1 aliphatic carbocycles. The SMILES string of the molecule is CC=CCCC(C)=C1[C]=C1CCC. The van der Waals surface area contributed by atoms with Gasteiger partial charge in [-0.1, -0.05) is 31.1 Å². The summed E-state index contributed by atoms with van der Waals surface area (Å²) in [5, 5.41) is 0. The maximum atomic E-state index is 3.37. The van der Waals surface area contributed by atoms with Gasteiger partial charge in [0.1, 0.15) is 0 Å². The van der Waals surface area contributed by atoms with Crippen LogP contribution in [0.25, 0.3) is 0 Å². The maximum absolute atomic E-state index is 3.37. The van der Waals surface area contributed by atoms with Crippen LogP contribution >= 0.6 is 0 Å². The molecular formula is C13H19. The van der Waals surface area contributed by atoms with Crippen molar-refractivity contribution in [1.29, 1.82) is 0 Å². The maximum Gasteiger partial charge on any atom is -0.00616 e. The van der Waals surface area contributed by atoms with E-state index >= 15 is 0 Å². The molecule has 0 saturated carbocycles. The molecule has 0 N–H and O–H groups in total. The van der Waals surface area contributed by atoms with Gasteiger partial charge in [-0.15, -0.1) is 0 Å². The van der Waals surface area contributed by atoms with Crippen molar-refractivity contribution in [1.82, 2.24) is 0 Å². The highest BCUT2D eigenvalue weighted by Crippen LogP contribution is 2.34. The van der Waals surface area contributed by atoms with Crippen molar-refractivity contribution < 1.29 is 0 Å². The fraction of sp³-hybridized carbons (Fsp3) is 0.538. The van der Waals surface area contributed by atoms with Crippen molar-refractivity contribution in [2.75, 3.05) is 0 Å². The molecule has 0 unspecified atom stereocenters. The minimum absolute atomic E-state index is 1.17. The molecule has 0 aromatic carbocycles. The Kier molecular flexibility index (Phi) is 4.01. The third-order valence-corrected chi connectivity index (χ3v) is 2.36. The second kappa shape index (κ2) is 5.06. The average Bonchev–Trinajstić information content (AvgIpc) is 2.85. The standard InChI is InChI=1S/C13H19/c1-4-6-7-9-11(3)13-10-12(13)8-5-2/h4,6H,5,7-9H2,1-3H3. The zero-order chi connectivity index (χ0) is 9.68. The molecule has 0 bridgehead atoms. The van der Waals surface area contributed by atoms with Crippen LogP contribution in [0.4, 0.5) is 0 Å². The van der Waals surface area contributed by atoms with Gasteiger partial charge in [0.15, 0.2) is 0 Å². The zero-order valence-electron chi connectivity index (χ0n) is 8.98. The Balaban J connectivity index is 2.29. The molecule has 0 fully saturated rings. The Morgan fingerprint density at radius 3 is 2.85 bits per heavy atom. The van der Waals surface area contributed by atoms with Crippen molar-refractivity contribution in [2.45, 2.75) is 46.5 Å². The zero-order valence-corrected chi connectivity index (χ0v) is 8.98. The van der Waals surface area contributed by atoms with Crippen LogP contribution in [0.3, 0.4) is 0 Å². The van der Waals surface area contributed by atoms with E-state index < -0.39 is 0 Å². The molecule has 0 saturated heterocycles. The lowest BCUT2D eigenvalue weighted by Crippen LogP contribution is -1.78. The van der Waals surface area contributed by atoms with E-state index in [0.29, 0.717) is 0 Å². The molecule has 1 radical (unpaired) electrons. The van der Waals surface area contributed by atoms with Crippen molar-refractivity contribution in [3.63, 3.8) is 0 Å². The van der Waals surface area contributed by atoms with Gasteiger partial charge in [-0.3, -0.25) is 0 Å². The highest BCUT2D eigenvalue weighted by molar-refractivity contribution is 5.54. The second-order valence-corrected chi connectivity index (χ2v) is 3.62. The molecule has 0 heteroatoms. The fourth-order valence-electron chi connectivity index (χ4n) is 1.51. The predicted octanol–water partition coefficient (Wildman–Crippen LogP) is 4.20. The van der Waals surface area contributed by atoms with Crippen LogP contribution in [-0.2, 0) is 0 Å². The molecular weight excluding hydrogens is 156 g/mol. The van der Waals surface area contributed by atoms with E-state index in [0.717, 1.165) is 0 Å². The van der Waals surface area contributed by atoms with Crippen LogP contribution in [-0.4, -0.2) is 0 Å². The quantitative estimate of drug-likeness (QED) is 0.549. The number of hydrogen-bond acceptors (Lipinski definition) is 0. The average molecular weight is 175 g/mol. The van der Waals surface area contributed by atoms with E-state index in [9.17, 15) is 0 Å². The highest BCUT2D eigenvalue weighted by atomic mass is 14.2. The van der Waals surface area contributed by atoms with Gasteiger partial charge >= 0.3 is 0 Å². The molecule has 0 nitrogen and oxygen atoms in total. The molecule has 0 atom stereocenters. The summed E-state index contributed by atoms with van der Waals surface area (Å²) < 4.78 is 0. The largest absolute Gasteiger partial charge is 0.0917 e. The Morgan fingerprint density at radius 1 is 1.46 bits per heavy atom. The smallest absolute Gasteiger partial charge is 0.00616 e. The summed E-state index contributed by atoms with van der Waals surface area (Å²) in [6.45, 7) is 6.53. The molecule has 0 aliphatic heterocycles. The first-order valence-corrected chi connectivity index (χ1v) is 5.23. The van der Waals surface area contributed by atoms with Crippen LogP contribution in [0, 0.1) is 6.08 Å². The molecule has 0 heterocycles. The topological polar surface area (TPSA) is 0 Å². The van der Waals surface area contributed by atoms with Crippen LogP contribution in [0.2, 0.25) is 0 Å². The summed E-state index contributed by atoms with van der Waals surface area (Å²) in [7, 11) is 0. The van der Waals surface area contributed by atoms with E-state index in [2.05, 4.69) is 39.0 Å². The number of hydrogen-bond donors (Lipinski definition) is 0. The first kappa shape index (κ1) is 10.3. The van der Waals surface area contributed by atoms with Crippen LogP contribution in [0.1, 0.15) is 46.5 Å². The molecule has 13 heavy (non-hydrogen) atoms. The summed E-state index contributed by atoms with van der Waals surface area (Å²) >= 11 is 0. The highest BCUT2D eigenvalue weighted by Gasteiger charge is 2.17. The van der Waals surface area contributed by atoms with Gasteiger partial charge in [0, 0.05) is 0 Å². The summed E-state index contributed by atoms with van der Waals surface area (Å²) in [4.78, 5) is 0. The Morgan fingerprint density at radius 2 is 2.23 bits per heavy atom. The summed E-state index contributed by atoms with van der Waals surface area (Å²) in [5.41, 5.74) is 4.42. The predicted molar refractivity (Wildman–Crippen MR) is 58.4 cm³/mol. The van der Waals surface area contributed by atoms with Crippen molar-refractivity contribution in [3.8, 4) is 0 Å². The minimum Gasteiger partial charge on any atom is -0.0917 e. The Labute approximate surface area is 82.0 Å². The summed E-state index contributed by atoms with van der Waals surface area (Å²) in [6, 6.07) is 0. The summed E-state index contributed by atoms with van der Waals surface area (Å²) in [5.74, 6) is 0.